The van der Waals surface area contributed by atoms with Crippen LogP contribution in [0.5, 0.6) is 11.5 Å². The second-order valence-electron chi connectivity index (χ2n) is 10.4. The molecule has 4 aromatic carbocycles. The molecule has 0 saturated heterocycles. The van der Waals surface area contributed by atoms with Crippen molar-refractivity contribution in [1.29, 1.82) is 0 Å². The van der Waals surface area contributed by atoms with Gasteiger partial charge in [-0.25, -0.2) is 9.36 Å². The fourth-order valence-corrected chi connectivity index (χ4v) is 5.08. The number of furan rings is 1. The fourth-order valence-electron chi connectivity index (χ4n) is 4.83. The van der Waals surface area contributed by atoms with Crippen LogP contribution in [0.2, 0.25) is 10.0 Å². The van der Waals surface area contributed by atoms with Gasteiger partial charge in [-0.1, -0.05) is 33.6 Å². The molecule has 0 aliphatic carbocycles. The predicted octanol–water partition coefficient (Wildman–Crippen LogP) is 7.60. The average molecular weight is 652 g/mol. The molecule has 3 heterocycles. The summed E-state index contributed by atoms with van der Waals surface area (Å²) in [5, 5.41) is 18.9. The van der Waals surface area contributed by atoms with Crippen molar-refractivity contribution in [3.63, 3.8) is 0 Å². The minimum Gasteiger partial charge on any atom is -0.487 e. The summed E-state index contributed by atoms with van der Waals surface area (Å²) in [5.41, 5.74) is 4.82. The summed E-state index contributed by atoms with van der Waals surface area (Å²) >= 11 is 11.9. The van der Waals surface area contributed by atoms with Gasteiger partial charge in [0.05, 0.1) is 23.8 Å². The number of rotatable bonds is 10. The van der Waals surface area contributed by atoms with Crippen molar-refractivity contribution in [3.8, 4) is 22.9 Å². The molecule has 0 atom stereocenters. The lowest BCUT2D eigenvalue weighted by Gasteiger charge is -2.05. The molecule has 0 saturated carbocycles. The van der Waals surface area contributed by atoms with Gasteiger partial charge in [0.1, 0.15) is 41.7 Å². The lowest BCUT2D eigenvalue weighted by molar-refractivity contribution is 0.101. The topological polar surface area (TPSA) is 110 Å². The number of hydrogen-bond acceptors (Lipinski definition) is 8. The standard InChI is InChI=1S/C34H24Cl2N6O4/c1-21-31-15-14-30(16-32(31)46-34(21)33(43)22-2-4-23(35)5-3-22)45-20-26-18-42(40-38-26)28-10-12-29(13-11-28)44-19-25-17-41(39-37-25)27-8-6-24(36)7-9-27/h2-18H,19-20H2,1H3. The molecule has 0 radical (unpaired) electrons. The van der Waals surface area contributed by atoms with E-state index in [1.165, 1.54) is 0 Å². The molecule has 0 spiro atoms. The molecule has 12 heteroatoms. The highest BCUT2D eigenvalue weighted by Crippen LogP contribution is 2.30. The van der Waals surface area contributed by atoms with E-state index >= 15 is 0 Å². The van der Waals surface area contributed by atoms with Crippen LogP contribution in [0.1, 0.15) is 33.1 Å². The Morgan fingerprint density at radius 2 is 1.24 bits per heavy atom. The van der Waals surface area contributed by atoms with E-state index in [2.05, 4.69) is 20.6 Å². The predicted molar refractivity (Wildman–Crippen MR) is 172 cm³/mol. The van der Waals surface area contributed by atoms with E-state index in [0.29, 0.717) is 44.1 Å². The summed E-state index contributed by atoms with van der Waals surface area (Å²) in [4.78, 5) is 13.0. The van der Waals surface area contributed by atoms with E-state index in [4.69, 9.17) is 37.1 Å². The number of carbonyl (C=O) groups is 1. The smallest absolute Gasteiger partial charge is 0.228 e. The molecule has 0 aliphatic heterocycles. The molecule has 3 aromatic heterocycles. The number of ketones is 1. The SMILES string of the molecule is Cc1c(C(=O)c2ccc(Cl)cc2)oc2cc(OCc3cn(-c4ccc(OCc5cn(-c6ccc(Cl)cc6)nn5)cc4)nn3)ccc12. The van der Waals surface area contributed by atoms with Gasteiger partial charge < -0.3 is 13.9 Å². The van der Waals surface area contributed by atoms with Gasteiger partial charge in [-0.3, -0.25) is 4.79 Å². The number of fused-ring (bicyclic) bond motifs is 1. The largest absolute Gasteiger partial charge is 0.487 e. The summed E-state index contributed by atoms with van der Waals surface area (Å²) in [6, 6.07) is 27.0. The number of aromatic nitrogens is 6. The summed E-state index contributed by atoms with van der Waals surface area (Å²) in [6.45, 7) is 2.32. The van der Waals surface area contributed by atoms with Crippen LogP contribution >= 0.6 is 23.2 Å². The number of halogens is 2. The van der Waals surface area contributed by atoms with Crippen molar-refractivity contribution >= 4 is 40.0 Å². The zero-order valence-corrected chi connectivity index (χ0v) is 25.8. The second-order valence-corrected chi connectivity index (χ2v) is 11.3. The molecule has 0 N–H and O–H groups in total. The first kappa shape index (κ1) is 29.3. The van der Waals surface area contributed by atoms with E-state index < -0.39 is 0 Å². The van der Waals surface area contributed by atoms with Gasteiger partial charge in [-0.15, -0.1) is 10.2 Å². The maximum atomic E-state index is 13.0. The van der Waals surface area contributed by atoms with Crippen molar-refractivity contribution in [2.75, 3.05) is 0 Å². The zero-order valence-electron chi connectivity index (χ0n) is 24.3. The first-order chi connectivity index (χ1) is 22.4. The lowest BCUT2D eigenvalue weighted by Crippen LogP contribution is -2.00. The molecule has 7 aromatic rings. The molecular formula is C34H24Cl2N6O4. The Bertz CT molecular complexity index is 2150. The van der Waals surface area contributed by atoms with Crippen molar-refractivity contribution in [1.82, 2.24) is 30.0 Å². The fraction of sp³-hybridized carbons (Fsp3) is 0.0882. The number of aryl methyl sites for hydroxylation is 1. The lowest BCUT2D eigenvalue weighted by atomic mass is 10.0. The van der Waals surface area contributed by atoms with Crippen molar-refractivity contribution in [2.24, 2.45) is 0 Å². The minimum atomic E-state index is -0.205. The Hall–Kier alpha value is -5.45. The van der Waals surface area contributed by atoms with Crippen LogP contribution in [0.25, 0.3) is 22.3 Å². The summed E-state index contributed by atoms with van der Waals surface area (Å²) in [7, 11) is 0. The molecule has 7 rings (SSSR count). The maximum Gasteiger partial charge on any atom is 0.228 e. The van der Waals surface area contributed by atoms with Crippen LogP contribution in [-0.4, -0.2) is 35.8 Å². The molecule has 0 amide bonds. The molecule has 0 bridgehead atoms. The molecule has 228 valence electrons. The first-order valence-electron chi connectivity index (χ1n) is 14.2. The van der Waals surface area contributed by atoms with Crippen molar-refractivity contribution < 1.29 is 18.7 Å². The van der Waals surface area contributed by atoms with E-state index in [9.17, 15) is 4.79 Å². The van der Waals surface area contributed by atoms with Crippen LogP contribution in [-0.2, 0) is 13.2 Å². The van der Waals surface area contributed by atoms with E-state index in [-0.39, 0.29) is 24.8 Å². The van der Waals surface area contributed by atoms with Crippen LogP contribution in [0.15, 0.2) is 108 Å². The normalized spacial score (nSPS) is 11.2. The maximum absolute atomic E-state index is 13.0. The van der Waals surface area contributed by atoms with Gasteiger partial charge in [-0.2, -0.15) is 0 Å². The van der Waals surface area contributed by atoms with Gasteiger partial charge in [0.15, 0.2) is 5.76 Å². The Kier molecular flexibility index (Phi) is 7.96. The third-order valence-corrected chi connectivity index (χ3v) is 7.77. The van der Waals surface area contributed by atoms with E-state index in [0.717, 1.165) is 22.3 Å². The Labute approximate surface area is 272 Å². The number of benzene rings is 4. The second kappa shape index (κ2) is 12.5. The van der Waals surface area contributed by atoms with Crippen molar-refractivity contribution in [3.05, 3.63) is 142 Å². The number of nitrogens with zero attached hydrogens (tertiary/aromatic N) is 6. The number of ether oxygens (including phenoxy) is 2. The molecule has 0 aliphatic rings. The highest BCUT2D eigenvalue weighted by Gasteiger charge is 2.20. The minimum absolute atomic E-state index is 0.194. The summed E-state index contributed by atoms with van der Waals surface area (Å²) in [6.07, 6.45) is 3.61. The summed E-state index contributed by atoms with van der Waals surface area (Å²) in [5.74, 6) is 1.34. The van der Waals surface area contributed by atoms with Gasteiger partial charge in [0.25, 0.3) is 0 Å². The quantitative estimate of drug-likeness (QED) is 0.139. The van der Waals surface area contributed by atoms with E-state index in [1.54, 1.807) is 58.0 Å². The third-order valence-electron chi connectivity index (χ3n) is 7.27. The van der Waals surface area contributed by atoms with Crippen molar-refractivity contribution in [2.45, 2.75) is 20.1 Å². The Balaban J connectivity index is 0.957. The van der Waals surface area contributed by atoms with Crippen LogP contribution in [0.3, 0.4) is 0 Å². The Morgan fingerprint density at radius 1 is 0.717 bits per heavy atom. The van der Waals surface area contributed by atoms with Crippen LogP contribution in [0.4, 0.5) is 0 Å². The molecule has 10 nitrogen and oxygen atoms in total. The average Bonchev–Trinajstić information content (AvgIpc) is 3.83. The van der Waals surface area contributed by atoms with Gasteiger partial charge >= 0.3 is 0 Å². The molecule has 0 unspecified atom stereocenters. The highest BCUT2D eigenvalue weighted by atomic mass is 35.5. The van der Waals surface area contributed by atoms with Gasteiger partial charge in [-0.05, 0) is 91.9 Å². The Morgan fingerprint density at radius 3 is 1.85 bits per heavy atom. The molecule has 0 fully saturated rings. The number of carbonyl (C=O) groups excluding carboxylic acids is 1. The third kappa shape index (κ3) is 6.21. The van der Waals surface area contributed by atoms with Gasteiger partial charge in [0, 0.05) is 32.6 Å². The monoisotopic (exact) mass is 650 g/mol. The zero-order chi connectivity index (χ0) is 31.6. The van der Waals surface area contributed by atoms with E-state index in [1.807, 2.05) is 61.7 Å². The van der Waals surface area contributed by atoms with Gasteiger partial charge in [0.2, 0.25) is 5.78 Å². The molecule has 46 heavy (non-hydrogen) atoms. The van der Waals surface area contributed by atoms with Crippen LogP contribution in [0, 0.1) is 6.92 Å². The highest BCUT2D eigenvalue weighted by molar-refractivity contribution is 6.31. The summed E-state index contributed by atoms with van der Waals surface area (Å²) < 4.78 is 21.1. The van der Waals surface area contributed by atoms with Crippen LogP contribution < -0.4 is 9.47 Å². The first-order valence-corrected chi connectivity index (χ1v) is 14.9. The molecular weight excluding hydrogens is 627 g/mol. The number of hydrogen-bond donors (Lipinski definition) is 0.